The highest BCUT2D eigenvalue weighted by Gasteiger charge is 2.27. The van der Waals surface area contributed by atoms with Crippen LogP contribution in [0.5, 0.6) is 0 Å². The average Bonchev–Trinajstić information content (AvgIpc) is 2.39. The topological polar surface area (TPSA) is 55.6 Å². The Morgan fingerprint density at radius 1 is 1.47 bits per heavy atom. The number of benzene rings is 1. The van der Waals surface area contributed by atoms with E-state index >= 15 is 0 Å². The van der Waals surface area contributed by atoms with Crippen molar-refractivity contribution in [1.29, 1.82) is 0 Å². The van der Waals surface area contributed by atoms with E-state index in [0.29, 0.717) is 13.2 Å². The van der Waals surface area contributed by atoms with Gasteiger partial charge in [0, 0.05) is 19.1 Å². The number of carbonyl (C=O) groups is 1. The van der Waals surface area contributed by atoms with E-state index in [0.717, 1.165) is 6.54 Å². The summed E-state index contributed by atoms with van der Waals surface area (Å²) in [6.07, 6.45) is -0.477. The minimum atomic E-state index is -0.477. The monoisotopic (exact) mass is 234 g/mol. The van der Waals surface area contributed by atoms with E-state index < -0.39 is 6.10 Å². The molecule has 2 rings (SSSR count). The third-order valence-corrected chi connectivity index (χ3v) is 3.24. The van der Waals surface area contributed by atoms with Gasteiger partial charge >= 0.3 is 0 Å². The van der Waals surface area contributed by atoms with Crippen molar-refractivity contribution in [3.05, 3.63) is 35.9 Å². The number of primary amides is 1. The number of hydrogen-bond acceptors (Lipinski definition) is 3. The number of amides is 1. The van der Waals surface area contributed by atoms with E-state index in [1.807, 2.05) is 18.2 Å². The molecule has 92 valence electrons. The van der Waals surface area contributed by atoms with Crippen LogP contribution in [-0.4, -0.2) is 36.6 Å². The maximum atomic E-state index is 11.1. The molecule has 0 aliphatic carbocycles. The Bertz CT molecular complexity index is 380. The molecule has 0 saturated carbocycles. The van der Waals surface area contributed by atoms with E-state index in [2.05, 4.69) is 24.0 Å². The predicted octanol–water partition coefficient (Wildman–Crippen LogP) is 0.934. The Kier molecular flexibility index (Phi) is 3.76. The molecule has 2 N–H and O–H groups in total. The largest absolute Gasteiger partial charge is 0.367 e. The maximum absolute atomic E-state index is 11.1. The van der Waals surface area contributed by atoms with Crippen LogP contribution in [0.25, 0.3) is 0 Å². The van der Waals surface area contributed by atoms with E-state index in [1.165, 1.54) is 5.56 Å². The number of rotatable bonds is 3. The first-order valence-electron chi connectivity index (χ1n) is 5.88. The molecule has 1 aliphatic rings. The van der Waals surface area contributed by atoms with Crippen LogP contribution in [-0.2, 0) is 9.53 Å². The molecule has 1 fully saturated rings. The average molecular weight is 234 g/mol. The van der Waals surface area contributed by atoms with Crippen LogP contribution in [0, 0.1) is 0 Å². The minimum absolute atomic E-state index is 0.280. The number of morpholine rings is 1. The van der Waals surface area contributed by atoms with E-state index in [1.54, 1.807) is 0 Å². The fourth-order valence-corrected chi connectivity index (χ4v) is 2.14. The number of ether oxygens (including phenoxy) is 1. The van der Waals surface area contributed by atoms with Gasteiger partial charge in [-0.05, 0) is 12.5 Å². The highest BCUT2D eigenvalue weighted by Crippen LogP contribution is 2.22. The molecule has 1 aliphatic heterocycles. The van der Waals surface area contributed by atoms with Gasteiger partial charge in [-0.1, -0.05) is 30.3 Å². The van der Waals surface area contributed by atoms with E-state index in [-0.39, 0.29) is 11.9 Å². The van der Waals surface area contributed by atoms with Crippen LogP contribution in [0.4, 0.5) is 0 Å². The SMILES string of the molecule is CC(c1ccccc1)N1CCOC(C(N)=O)C1. The number of nitrogens with two attached hydrogens (primary N) is 1. The van der Waals surface area contributed by atoms with Crippen LogP contribution in [0.2, 0.25) is 0 Å². The van der Waals surface area contributed by atoms with E-state index in [9.17, 15) is 4.79 Å². The lowest BCUT2D eigenvalue weighted by Gasteiger charge is -2.35. The van der Waals surface area contributed by atoms with Gasteiger partial charge in [-0.3, -0.25) is 9.69 Å². The summed E-state index contributed by atoms with van der Waals surface area (Å²) < 4.78 is 5.34. The van der Waals surface area contributed by atoms with Crippen LogP contribution in [0.1, 0.15) is 18.5 Å². The van der Waals surface area contributed by atoms with Gasteiger partial charge in [0.05, 0.1) is 6.61 Å². The molecule has 0 radical (unpaired) electrons. The molecule has 1 amide bonds. The first-order chi connectivity index (χ1) is 8.18. The highest BCUT2D eigenvalue weighted by atomic mass is 16.5. The first kappa shape index (κ1) is 12.1. The lowest BCUT2D eigenvalue weighted by atomic mass is 10.1. The number of carbonyl (C=O) groups excluding carboxylic acids is 1. The molecule has 17 heavy (non-hydrogen) atoms. The van der Waals surface area contributed by atoms with Gasteiger partial charge < -0.3 is 10.5 Å². The standard InChI is InChI=1S/C13H18N2O2/c1-10(11-5-3-2-4-6-11)15-7-8-17-12(9-15)13(14)16/h2-6,10,12H,7-9H2,1H3,(H2,14,16). The summed E-state index contributed by atoms with van der Waals surface area (Å²) in [4.78, 5) is 13.4. The Morgan fingerprint density at radius 3 is 2.82 bits per heavy atom. The lowest BCUT2D eigenvalue weighted by Crippen LogP contribution is -2.48. The summed E-state index contributed by atoms with van der Waals surface area (Å²) in [5.41, 5.74) is 6.53. The van der Waals surface area contributed by atoms with Crippen LogP contribution >= 0.6 is 0 Å². The number of nitrogens with zero attached hydrogens (tertiary/aromatic N) is 1. The van der Waals surface area contributed by atoms with Crippen LogP contribution < -0.4 is 5.73 Å². The molecule has 1 aromatic carbocycles. The van der Waals surface area contributed by atoms with Crippen molar-refractivity contribution in [2.24, 2.45) is 5.73 Å². The predicted molar refractivity (Wildman–Crippen MR) is 65.4 cm³/mol. The van der Waals surface area contributed by atoms with Crippen LogP contribution in [0.3, 0.4) is 0 Å². The van der Waals surface area contributed by atoms with Gasteiger partial charge in [0.1, 0.15) is 6.10 Å². The van der Waals surface area contributed by atoms with Gasteiger partial charge in [0.15, 0.2) is 0 Å². The van der Waals surface area contributed by atoms with Crippen molar-refractivity contribution < 1.29 is 9.53 Å². The van der Waals surface area contributed by atoms with Crippen molar-refractivity contribution in [2.45, 2.75) is 19.1 Å². The minimum Gasteiger partial charge on any atom is -0.367 e. The quantitative estimate of drug-likeness (QED) is 0.846. The normalized spacial score (nSPS) is 23.2. The highest BCUT2D eigenvalue weighted by molar-refractivity contribution is 5.79. The van der Waals surface area contributed by atoms with Gasteiger partial charge in [-0.15, -0.1) is 0 Å². The van der Waals surface area contributed by atoms with Gasteiger partial charge in [-0.25, -0.2) is 0 Å². The summed E-state index contributed by atoms with van der Waals surface area (Å²) in [6.45, 7) is 4.11. The second kappa shape index (κ2) is 5.29. The van der Waals surface area contributed by atoms with E-state index in [4.69, 9.17) is 10.5 Å². The van der Waals surface area contributed by atoms with Crippen molar-refractivity contribution in [2.75, 3.05) is 19.7 Å². The molecule has 0 spiro atoms. The Labute approximate surface area is 101 Å². The molecule has 1 saturated heterocycles. The molecule has 4 nitrogen and oxygen atoms in total. The first-order valence-corrected chi connectivity index (χ1v) is 5.88. The summed E-state index contributed by atoms with van der Waals surface area (Å²) in [5, 5.41) is 0. The second-order valence-corrected chi connectivity index (χ2v) is 4.34. The zero-order valence-corrected chi connectivity index (χ0v) is 10.0. The third-order valence-electron chi connectivity index (χ3n) is 3.24. The second-order valence-electron chi connectivity index (χ2n) is 4.34. The summed E-state index contributed by atoms with van der Waals surface area (Å²) in [5.74, 6) is -0.380. The molecule has 1 aromatic rings. The molecular formula is C13H18N2O2. The maximum Gasteiger partial charge on any atom is 0.247 e. The fraction of sp³-hybridized carbons (Fsp3) is 0.462. The van der Waals surface area contributed by atoms with Crippen molar-refractivity contribution >= 4 is 5.91 Å². The Balaban J connectivity index is 2.05. The Hall–Kier alpha value is -1.39. The van der Waals surface area contributed by atoms with Gasteiger partial charge in [0.2, 0.25) is 5.91 Å². The smallest absolute Gasteiger partial charge is 0.247 e. The molecule has 2 unspecified atom stereocenters. The summed E-state index contributed by atoms with van der Waals surface area (Å²) in [7, 11) is 0. The van der Waals surface area contributed by atoms with Crippen molar-refractivity contribution in [3.8, 4) is 0 Å². The molecule has 0 aromatic heterocycles. The van der Waals surface area contributed by atoms with Crippen molar-refractivity contribution in [3.63, 3.8) is 0 Å². The summed E-state index contributed by atoms with van der Waals surface area (Å²) >= 11 is 0. The molecular weight excluding hydrogens is 216 g/mol. The zero-order valence-electron chi connectivity index (χ0n) is 10.0. The molecule has 1 heterocycles. The third kappa shape index (κ3) is 2.84. The lowest BCUT2D eigenvalue weighted by molar-refractivity contribution is -0.136. The van der Waals surface area contributed by atoms with Gasteiger partial charge in [-0.2, -0.15) is 0 Å². The molecule has 0 bridgehead atoms. The molecule has 4 heteroatoms. The number of hydrogen-bond donors (Lipinski definition) is 1. The molecule has 2 atom stereocenters. The zero-order chi connectivity index (χ0) is 12.3. The van der Waals surface area contributed by atoms with Crippen LogP contribution in [0.15, 0.2) is 30.3 Å². The Morgan fingerprint density at radius 2 is 2.18 bits per heavy atom. The van der Waals surface area contributed by atoms with Gasteiger partial charge in [0.25, 0.3) is 0 Å². The summed E-state index contributed by atoms with van der Waals surface area (Å²) in [6, 6.07) is 10.5. The van der Waals surface area contributed by atoms with Crippen molar-refractivity contribution in [1.82, 2.24) is 4.90 Å². The fourth-order valence-electron chi connectivity index (χ4n) is 2.14.